The van der Waals surface area contributed by atoms with Crippen molar-refractivity contribution in [1.82, 2.24) is 4.72 Å². The number of rotatable bonds is 8. The molecule has 0 saturated heterocycles. The molecule has 1 aromatic rings. The third-order valence-corrected chi connectivity index (χ3v) is 5.49. The van der Waals surface area contributed by atoms with E-state index in [1.54, 1.807) is 26.0 Å². The van der Waals surface area contributed by atoms with Gasteiger partial charge in [-0.2, -0.15) is 0 Å². The molecule has 1 unspecified atom stereocenters. The second-order valence-corrected chi connectivity index (χ2v) is 7.77. The number of carbonyl (C=O) groups excluding carboxylic acids is 1. The van der Waals surface area contributed by atoms with Crippen LogP contribution >= 0.6 is 0 Å². The summed E-state index contributed by atoms with van der Waals surface area (Å²) in [5, 5.41) is 0. The maximum Gasteiger partial charge on any atom is 0.240 e. The highest BCUT2D eigenvalue weighted by molar-refractivity contribution is 7.89. The molecule has 0 fully saturated rings. The second kappa shape index (κ2) is 7.66. The Balaban J connectivity index is 2.82. The number of sulfonamides is 1. The van der Waals surface area contributed by atoms with Gasteiger partial charge >= 0.3 is 0 Å². The summed E-state index contributed by atoms with van der Waals surface area (Å²) in [6.45, 7) is 3.63. The Bertz CT molecular complexity index is 596. The van der Waals surface area contributed by atoms with E-state index in [0.29, 0.717) is 17.7 Å². The van der Waals surface area contributed by atoms with Crippen molar-refractivity contribution in [2.45, 2.75) is 25.2 Å². The molecule has 0 heterocycles. The zero-order chi connectivity index (χ0) is 15.2. The molecule has 0 spiro atoms. The number of hydrogen-bond donors (Lipinski definition) is 1. The molecular formula is C13H19NO4S2. The molecule has 1 atom stereocenters. The first-order valence-corrected chi connectivity index (χ1v) is 9.35. The van der Waals surface area contributed by atoms with Gasteiger partial charge in [-0.15, -0.1) is 0 Å². The largest absolute Gasteiger partial charge is 0.294 e. The predicted molar refractivity (Wildman–Crippen MR) is 79.8 cm³/mol. The van der Waals surface area contributed by atoms with Crippen molar-refractivity contribution in [2.24, 2.45) is 0 Å². The summed E-state index contributed by atoms with van der Waals surface area (Å²) in [5.74, 6) is 0.681. The van der Waals surface area contributed by atoms with Crippen LogP contribution in [0.3, 0.4) is 0 Å². The number of hydrogen-bond acceptors (Lipinski definition) is 4. The number of Topliss-reactive ketones (excluding diaryl/α,β-unsaturated/α-hetero) is 1. The topological polar surface area (TPSA) is 80.3 Å². The third kappa shape index (κ3) is 4.81. The molecule has 5 nitrogen and oxygen atoms in total. The van der Waals surface area contributed by atoms with E-state index in [1.165, 1.54) is 12.1 Å². The van der Waals surface area contributed by atoms with Crippen LogP contribution in [0, 0.1) is 0 Å². The lowest BCUT2D eigenvalue weighted by molar-refractivity contribution is 0.0988. The van der Waals surface area contributed by atoms with E-state index in [0.717, 1.165) is 0 Å². The molecule has 0 aliphatic carbocycles. The SMILES string of the molecule is CCC(=O)c1cccc(S(=O)(=O)NCCS(=O)CC)c1. The minimum Gasteiger partial charge on any atom is -0.294 e. The molecule has 7 heteroatoms. The van der Waals surface area contributed by atoms with Gasteiger partial charge in [0.15, 0.2) is 5.78 Å². The van der Waals surface area contributed by atoms with Crippen molar-refractivity contribution in [3.05, 3.63) is 29.8 Å². The lowest BCUT2D eigenvalue weighted by atomic mass is 10.1. The normalized spacial score (nSPS) is 13.1. The molecule has 0 aliphatic heterocycles. The van der Waals surface area contributed by atoms with E-state index in [4.69, 9.17) is 0 Å². The van der Waals surface area contributed by atoms with Gasteiger partial charge in [0.05, 0.1) is 4.90 Å². The minimum atomic E-state index is -3.67. The number of benzene rings is 1. The molecule has 1 rings (SSSR count). The van der Waals surface area contributed by atoms with E-state index < -0.39 is 20.8 Å². The van der Waals surface area contributed by atoms with E-state index in [2.05, 4.69) is 4.72 Å². The van der Waals surface area contributed by atoms with Crippen LogP contribution in [0.15, 0.2) is 29.2 Å². The highest BCUT2D eigenvalue weighted by atomic mass is 32.2. The van der Waals surface area contributed by atoms with Crippen LogP contribution in [0.5, 0.6) is 0 Å². The summed E-state index contributed by atoms with van der Waals surface area (Å²) in [6.07, 6.45) is 0.326. The van der Waals surface area contributed by atoms with Gasteiger partial charge < -0.3 is 0 Å². The molecule has 0 aliphatic rings. The summed E-state index contributed by atoms with van der Waals surface area (Å²) in [7, 11) is -4.68. The Morgan fingerprint density at radius 1 is 1.30 bits per heavy atom. The number of ketones is 1. The van der Waals surface area contributed by atoms with Crippen LogP contribution in [0.25, 0.3) is 0 Å². The number of carbonyl (C=O) groups is 1. The number of nitrogens with one attached hydrogen (secondary N) is 1. The van der Waals surface area contributed by atoms with E-state index in [9.17, 15) is 17.4 Å². The van der Waals surface area contributed by atoms with Crippen molar-refractivity contribution < 1.29 is 17.4 Å². The Kier molecular flexibility index (Phi) is 6.51. The highest BCUT2D eigenvalue weighted by Gasteiger charge is 2.15. The summed E-state index contributed by atoms with van der Waals surface area (Å²) in [5.41, 5.74) is 0.382. The van der Waals surface area contributed by atoms with Gasteiger partial charge in [0.1, 0.15) is 0 Å². The molecule has 0 aromatic heterocycles. The standard InChI is InChI=1S/C13H19NO4S2/c1-3-13(15)11-6-5-7-12(10-11)20(17,18)14-8-9-19(16)4-2/h5-7,10,14H,3-4,8-9H2,1-2H3. The summed E-state index contributed by atoms with van der Waals surface area (Å²) >= 11 is 0. The molecule has 0 amide bonds. The van der Waals surface area contributed by atoms with E-state index in [-0.39, 0.29) is 23.0 Å². The molecule has 20 heavy (non-hydrogen) atoms. The Hall–Kier alpha value is -1.05. The second-order valence-electron chi connectivity index (χ2n) is 4.13. The van der Waals surface area contributed by atoms with E-state index in [1.807, 2.05) is 0 Å². The highest BCUT2D eigenvalue weighted by Crippen LogP contribution is 2.12. The Labute approximate surface area is 122 Å². The average molecular weight is 317 g/mol. The molecular weight excluding hydrogens is 298 g/mol. The smallest absolute Gasteiger partial charge is 0.240 e. The van der Waals surface area contributed by atoms with Crippen molar-refractivity contribution in [3.8, 4) is 0 Å². The van der Waals surface area contributed by atoms with Crippen molar-refractivity contribution >= 4 is 26.6 Å². The van der Waals surface area contributed by atoms with Crippen LogP contribution in [-0.4, -0.2) is 36.5 Å². The third-order valence-electron chi connectivity index (χ3n) is 2.73. The summed E-state index contributed by atoms with van der Waals surface area (Å²) in [6, 6.07) is 5.94. The van der Waals surface area contributed by atoms with Crippen molar-refractivity contribution in [2.75, 3.05) is 18.1 Å². The van der Waals surface area contributed by atoms with Crippen LogP contribution in [0.1, 0.15) is 30.6 Å². The molecule has 112 valence electrons. The summed E-state index contributed by atoms with van der Waals surface area (Å²) in [4.78, 5) is 11.6. The lowest BCUT2D eigenvalue weighted by Gasteiger charge is -2.07. The van der Waals surface area contributed by atoms with Crippen molar-refractivity contribution in [3.63, 3.8) is 0 Å². The molecule has 0 radical (unpaired) electrons. The molecule has 1 aromatic carbocycles. The maximum atomic E-state index is 12.0. The van der Waals surface area contributed by atoms with Crippen molar-refractivity contribution in [1.29, 1.82) is 0 Å². The average Bonchev–Trinajstić information content (AvgIpc) is 2.46. The Morgan fingerprint density at radius 2 is 2.00 bits per heavy atom. The van der Waals surface area contributed by atoms with Crippen LogP contribution in [0.2, 0.25) is 0 Å². The van der Waals surface area contributed by atoms with Crippen LogP contribution < -0.4 is 4.72 Å². The van der Waals surface area contributed by atoms with Gasteiger partial charge in [-0.3, -0.25) is 9.00 Å². The molecule has 0 bridgehead atoms. The summed E-state index contributed by atoms with van der Waals surface area (Å²) < 4.78 is 37.7. The minimum absolute atomic E-state index is 0.0547. The first kappa shape index (κ1) is 17.0. The molecule has 1 N–H and O–H groups in total. The maximum absolute atomic E-state index is 12.0. The zero-order valence-corrected chi connectivity index (χ0v) is 13.2. The monoisotopic (exact) mass is 317 g/mol. The fourth-order valence-corrected chi connectivity index (χ4v) is 3.38. The van der Waals surface area contributed by atoms with Gasteiger partial charge in [0.2, 0.25) is 10.0 Å². The lowest BCUT2D eigenvalue weighted by Crippen LogP contribution is -2.28. The molecule has 0 saturated carbocycles. The first-order chi connectivity index (χ1) is 9.40. The van der Waals surface area contributed by atoms with Gasteiger partial charge in [0, 0.05) is 40.8 Å². The fourth-order valence-electron chi connectivity index (χ4n) is 1.56. The predicted octanol–water partition coefficient (Wildman–Crippen LogP) is 1.33. The van der Waals surface area contributed by atoms with Gasteiger partial charge in [-0.1, -0.05) is 26.0 Å². The van der Waals surface area contributed by atoms with Crippen LogP contribution in [-0.2, 0) is 20.8 Å². The van der Waals surface area contributed by atoms with Gasteiger partial charge in [-0.25, -0.2) is 13.1 Å². The fraction of sp³-hybridized carbons (Fsp3) is 0.462. The van der Waals surface area contributed by atoms with E-state index >= 15 is 0 Å². The first-order valence-electron chi connectivity index (χ1n) is 6.38. The van der Waals surface area contributed by atoms with Gasteiger partial charge in [0.25, 0.3) is 0 Å². The van der Waals surface area contributed by atoms with Gasteiger partial charge in [-0.05, 0) is 12.1 Å². The van der Waals surface area contributed by atoms with Crippen LogP contribution in [0.4, 0.5) is 0 Å². The quantitative estimate of drug-likeness (QED) is 0.733. The zero-order valence-electron chi connectivity index (χ0n) is 11.6. The Morgan fingerprint density at radius 3 is 2.60 bits per heavy atom.